The lowest BCUT2D eigenvalue weighted by Crippen LogP contribution is -2.53. The summed E-state index contributed by atoms with van der Waals surface area (Å²) in [6.07, 6.45) is 2.09. The highest BCUT2D eigenvalue weighted by Gasteiger charge is 2.26. The fourth-order valence-electron chi connectivity index (χ4n) is 3.33. The minimum atomic E-state index is -0.0835. The third-order valence-corrected chi connectivity index (χ3v) is 5.30. The Balaban J connectivity index is 1.32. The molecule has 0 radical (unpaired) electrons. The molecule has 3 rings (SSSR count). The van der Waals surface area contributed by atoms with Crippen LogP contribution in [0.3, 0.4) is 0 Å². The van der Waals surface area contributed by atoms with E-state index < -0.39 is 0 Å². The van der Waals surface area contributed by atoms with Crippen LogP contribution in [0.2, 0.25) is 0 Å². The zero-order chi connectivity index (χ0) is 19.2. The molecular weight excluding hydrogens is 350 g/mol. The topological polar surface area (TPSA) is 85.4 Å². The van der Waals surface area contributed by atoms with Crippen molar-refractivity contribution in [2.24, 2.45) is 0 Å². The lowest BCUT2D eigenvalue weighted by Gasteiger charge is -2.36. The van der Waals surface area contributed by atoms with Crippen molar-refractivity contribution in [3.63, 3.8) is 0 Å². The molecule has 0 unspecified atom stereocenters. The van der Waals surface area contributed by atoms with E-state index in [2.05, 4.69) is 15.1 Å². The van der Waals surface area contributed by atoms with Crippen molar-refractivity contribution in [1.29, 1.82) is 0 Å². The first-order valence-electron chi connectivity index (χ1n) is 9.85. The lowest BCUT2D eigenvalue weighted by molar-refractivity contribution is -0.138. The monoisotopic (exact) mass is 381 g/mol. The van der Waals surface area contributed by atoms with Crippen LogP contribution in [0.15, 0.2) is 0 Å². The molecule has 1 saturated carbocycles. The van der Waals surface area contributed by atoms with Crippen molar-refractivity contribution < 1.29 is 19.1 Å². The zero-order valence-electron chi connectivity index (χ0n) is 16.2. The normalized spacial score (nSPS) is 21.7. The average molecular weight is 381 g/mol. The van der Waals surface area contributed by atoms with Crippen molar-refractivity contribution in [2.45, 2.75) is 18.9 Å². The summed E-state index contributed by atoms with van der Waals surface area (Å²) in [4.78, 5) is 44.0. The maximum atomic E-state index is 12.3. The number of likely N-dealkylation sites (N-methyl/N-ethyl adjacent to an activating group) is 1. The number of hydrogen-bond acceptors (Lipinski definition) is 6. The first-order chi connectivity index (χ1) is 13.0. The average Bonchev–Trinajstić information content (AvgIpc) is 3.47. The van der Waals surface area contributed by atoms with Gasteiger partial charge in [0.2, 0.25) is 17.7 Å². The molecule has 27 heavy (non-hydrogen) atoms. The fourth-order valence-corrected chi connectivity index (χ4v) is 3.33. The maximum absolute atomic E-state index is 12.3. The second-order valence-corrected chi connectivity index (χ2v) is 7.64. The highest BCUT2D eigenvalue weighted by Crippen LogP contribution is 2.18. The number of piperazine rings is 1. The van der Waals surface area contributed by atoms with E-state index in [-0.39, 0.29) is 24.3 Å². The van der Waals surface area contributed by atoms with Crippen molar-refractivity contribution >= 4 is 17.7 Å². The SMILES string of the molecule is CN(CC(=O)NC1CC1)C(=O)CN1CCN(CC(=O)N2CCOCC2)CC1. The van der Waals surface area contributed by atoms with Gasteiger partial charge in [0, 0.05) is 52.4 Å². The van der Waals surface area contributed by atoms with E-state index in [0.717, 1.165) is 39.0 Å². The summed E-state index contributed by atoms with van der Waals surface area (Å²) < 4.78 is 5.28. The molecule has 0 aromatic rings. The molecule has 3 amide bonds. The van der Waals surface area contributed by atoms with Gasteiger partial charge in [-0.25, -0.2) is 0 Å². The van der Waals surface area contributed by atoms with Gasteiger partial charge in [0.15, 0.2) is 0 Å². The quantitative estimate of drug-likeness (QED) is 0.560. The molecule has 0 aromatic heterocycles. The van der Waals surface area contributed by atoms with Gasteiger partial charge < -0.3 is 19.9 Å². The van der Waals surface area contributed by atoms with Crippen LogP contribution in [0.5, 0.6) is 0 Å². The summed E-state index contributed by atoms with van der Waals surface area (Å²) in [6.45, 7) is 6.51. The molecule has 0 atom stereocenters. The molecule has 2 saturated heterocycles. The van der Waals surface area contributed by atoms with E-state index >= 15 is 0 Å². The number of carbonyl (C=O) groups is 3. The van der Waals surface area contributed by atoms with Gasteiger partial charge in [-0.1, -0.05) is 0 Å². The molecule has 152 valence electrons. The summed E-state index contributed by atoms with van der Waals surface area (Å²) in [6, 6.07) is 0.314. The molecule has 2 aliphatic heterocycles. The van der Waals surface area contributed by atoms with Gasteiger partial charge in [-0.05, 0) is 12.8 Å². The minimum absolute atomic E-state index is 0.0428. The third-order valence-electron chi connectivity index (χ3n) is 5.30. The number of nitrogens with one attached hydrogen (secondary N) is 1. The predicted molar refractivity (Wildman–Crippen MR) is 99.1 cm³/mol. The largest absolute Gasteiger partial charge is 0.378 e. The third kappa shape index (κ3) is 6.44. The number of ether oxygens (including phenoxy) is 1. The maximum Gasteiger partial charge on any atom is 0.239 e. The van der Waals surface area contributed by atoms with E-state index in [1.807, 2.05) is 4.90 Å². The van der Waals surface area contributed by atoms with Crippen molar-refractivity contribution in [2.75, 3.05) is 79.2 Å². The van der Waals surface area contributed by atoms with Crippen molar-refractivity contribution in [1.82, 2.24) is 24.9 Å². The molecule has 3 aliphatic rings. The number of carbonyl (C=O) groups excluding carboxylic acids is 3. The highest BCUT2D eigenvalue weighted by atomic mass is 16.5. The Morgan fingerprint density at radius 2 is 1.56 bits per heavy atom. The highest BCUT2D eigenvalue weighted by molar-refractivity contribution is 5.85. The van der Waals surface area contributed by atoms with Gasteiger partial charge in [0.25, 0.3) is 0 Å². The Hall–Kier alpha value is -1.71. The van der Waals surface area contributed by atoms with Gasteiger partial charge in [-0.2, -0.15) is 0 Å². The molecule has 0 spiro atoms. The van der Waals surface area contributed by atoms with Crippen LogP contribution in [-0.2, 0) is 19.1 Å². The van der Waals surface area contributed by atoms with Gasteiger partial charge in [-0.15, -0.1) is 0 Å². The first-order valence-corrected chi connectivity index (χ1v) is 9.85. The Morgan fingerprint density at radius 3 is 2.15 bits per heavy atom. The van der Waals surface area contributed by atoms with Gasteiger partial charge in [0.1, 0.15) is 0 Å². The zero-order valence-corrected chi connectivity index (χ0v) is 16.2. The summed E-state index contributed by atoms with van der Waals surface area (Å²) in [5.74, 6) is 0.0304. The summed E-state index contributed by atoms with van der Waals surface area (Å²) in [5.41, 5.74) is 0. The Bertz CT molecular complexity index is 540. The summed E-state index contributed by atoms with van der Waals surface area (Å²) in [5, 5.41) is 2.90. The van der Waals surface area contributed by atoms with E-state index in [4.69, 9.17) is 4.74 Å². The first kappa shape index (κ1) is 20.0. The molecule has 9 nitrogen and oxygen atoms in total. The molecule has 9 heteroatoms. The van der Waals surface area contributed by atoms with E-state index in [1.165, 1.54) is 4.90 Å². The van der Waals surface area contributed by atoms with Gasteiger partial charge in [0.05, 0.1) is 32.8 Å². The molecule has 0 aromatic carbocycles. The van der Waals surface area contributed by atoms with E-state index in [9.17, 15) is 14.4 Å². The molecule has 0 bridgehead atoms. The Labute approximate surface area is 160 Å². The number of rotatable bonds is 7. The van der Waals surface area contributed by atoms with Crippen molar-refractivity contribution in [3.8, 4) is 0 Å². The van der Waals surface area contributed by atoms with Crippen LogP contribution in [-0.4, -0.2) is 123 Å². The molecular formula is C18H31N5O4. The summed E-state index contributed by atoms with van der Waals surface area (Å²) in [7, 11) is 1.67. The molecule has 2 heterocycles. The smallest absolute Gasteiger partial charge is 0.239 e. The Kier molecular flexibility index (Phi) is 7.03. The molecule has 1 aliphatic carbocycles. The van der Waals surface area contributed by atoms with Gasteiger partial charge in [-0.3, -0.25) is 24.2 Å². The lowest BCUT2D eigenvalue weighted by atomic mass is 10.3. The Morgan fingerprint density at radius 1 is 0.963 bits per heavy atom. The van der Waals surface area contributed by atoms with Crippen LogP contribution in [0.4, 0.5) is 0 Å². The molecule has 1 N–H and O–H groups in total. The van der Waals surface area contributed by atoms with Crippen LogP contribution in [0.1, 0.15) is 12.8 Å². The fraction of sp³-hybridized carbons (Fsp3) is 0.833. The van der Waals surface area contributed by atoms with E-state index in [0.29, 0.717) is 45.4 Å². The molecule has 3 fully saturated rings. The number of morpholine rings is 1. The van der Waals surface area contributed by atoms with Crippen LogP contribution in [0, 0.1) is 0 Å². The number of amides is 3. The number of hydrogen-bond donors (Lipinski definition) is 1. The van der Waals surface area contributed by atoms with Crippen LogP contribution in [0.25, 0.3) is 0 Å². The van der Waals surface area contributed by atoms with Crippen molar-refractivity contribution in [3.05, 3.63) is 0 Å². The second-order valence-electron chi connectivity index (χ2n) is 7.64. The standard InChI is InChI=1S/C18H31N5O4/c1-20(12-16(24)19-15-2-3-15)17(25)13-21-4-6-22(7-5-21)14-18(26)23-8-10-27-11-9-23/h15H,2-14H2,1H3,(H,19,24). The van der Waals surface area contributed by atoms with Crippen LogP contribution < -0.4 is 5.32 Å². The summed E-state index contributed by atoms with van der Waals surface area (Å²) >= 11 is 0. The van der Waals surface area contributed by atoms with Gasteiger partial charge >= 0.3 is 0 Å². The minimum Gasteiger partial charge on any atom is -0.378 e. The second kappa shape index (κ2) is 9.48. The predicted octanol–water partition coefficient (Wildman–Crippen LogP) is -1.80. The number of nitrogens with zero attached hydrogens (tertiary/aromatic N) is 4. The van der Waals surface area contributed by atoms with Crippen LogP contribution >= 0.6 is 0 Å². The van der Waals surface area contributed by atoms with E-state index in [1.54, 1.807) is 7.05 Å².